The molecule has 0 unspecified atom stereocenters. The molecule has 0 atom stereocenters. The predicted octanol–water partition coefficient (Wildman–Crippen LogP) is 16.0. The standard InChI is InChI=1S/C29H41.C21H12Cl2.C5H5.Zr/c1-26(2,3)22-14-18-13-19-15-23(27(4,5)6)25(29(10,11)12)17-21(19)20(18)16-24(22)28(7,8)9;22-20-11-3-7-16-14(5-1-9-18(16)20)13-15-6-2-10-19-17(15)8-4-12-21(19)23;1-2-4-5-3-1;/h14,16-17H,13H2,1-12H3;1-12H;1-3H,4H2;/q-1;;-1;+2. The zero-order valence-electron chi connectivity index (χ0n) is 36.6. The van der Waals surface area contributed by atoms with Gasteiger partial charge in [0.05, 0.1) is 0 Å². The van der Waals surface area contributed by atoms with Crippen molar-refractivity contribution in [3.8, 4) is 11.1 Å². The van der Waals surface area contributed by atoms with E-state index in [0.29, 0.717) is 0 Å². The third-order valence-electron chi connectivity index (χ3n) is 11.1. The Bertz CT molecular complexity index is 2400. The van der Waals surface area contributed by atoms with Crippen molar-refractivity contribution in [2.45, 2.75) is 118 Å². The van der Waals surface area contributed by atoms with Crippen molar-refractivity contribution in [2.24, 2.45) is 0 Å². The average Bonchev–Trinajstić information content (AvgIpc) is 3.84. The summed E-state index contributed by atoms with van der Waals surface area (Å²) in [4.78, 5) is 0. The Balaban J connectivity index is 0.000000176. The molecule has 0 bridgehead atoms. The van der Waals surface area contributed by atoms with Gasteiger partial charge in [0.2, 0.25) is 0 Å². The van der Waals surface area contributed by atoms with E-state index in [1.165, 1.54) is 93.8 Å². The van der Waals surface area contributed by atoms with E-state index in [-0.39, 0.29) is 21.7 Å². The molecule has 0 N–H and O–H groups in total. The van der Waals surface area contributed by atoms with Crippen molar-refractivity contribution in [3.63, 3.8) is 0 Å². The first-order valence-corrected chi connectivity index (χ1v) is 22.5. The summed E-state index contributed by atoms with van der Waals surface area (Å²) in [6.45, 7) is 28.0. The van der Waals surface area contributed by atoms with Gasteiger partial charge >= 0.3 is 166 Å². The zero-order chi connectivity index (χ0) is 42.4. The molecule has 58 heavy (non-hydrogen) atoms. The Morgan fingerprint density at radius 3 is 1.45 bits per heavy atom. The maximum atomic E-state index is 6.38. The van der Waals surface area contributed by atoms with Crippen molar-refractivity contribution >= 4 is 48.0 Å². The van der Waals surface area contributed by atoms with Crippen molar-refractivity contribution in [3.05, 3.63) is 176 Å². The van der Waals surface area contributed by atoms with Gasteiger partial charge in [-0.2, -0.15) is 23.8 Å². The number of halogens is 2. The minimum absolute atomic E-state index is 0.0968. The first kappa shape index (κ1) is 44.2. The van der Waals surface area contributed by atoms with Gasteiger partial charge in [-0.3, -0.25) is 6.08 Å². The van der Waals surface area contributed by atoms with Crippen LogP contribution in [0.5, 0.6) is 0 Å². The summed E-state index contributed by atoms with van der Waals surface area (Å²) < 4.78 is 1.31. The van der Waals surface area contributed by atoms with Crippen molar-refractivity contribution in [1.29, 1.82) is 0 Å². The fourth-order valence-corrected chi connectivity index (χ4v) is 9.64. The number of hydrogen-bond donors (Lipinski definition) is 0. The van der Waals surface area contributed by atoms with Gasteiger partial charge in [-0.1, -0.05) is 106 Å². The van der Waals surface area contributed by atoms with Gasteiger partial charge in [-0.05, 0) is 39.4 Å². The first-order chi connectivity index (χ1) is 27.1. The van der Waals surface area contributed by atoms with E-state index in [4.69, 9.17) is 23.2 Å². The molecule has 296 valence electrons. The van der Waals surface area contributed by atoms with Crippen LogP contribution in [-0.4, -0.2) is 3.21 Å². The number of allylic oxidation sites excluding steroid dienone is 4. The molecule has 3 heteroatoms. The van der Waals surface area contributed by atoms with Crippen LogP contribution in [0.3, 0.4) is 0 Å². The van der Waals surface area contributed by atoms with Crippen LogP contribution in [0, 0.1) is 12.1 Å². The second-order valence-electron chi connectivity index (χ2n) is 19.8. The van der Waals surface area contributed by atoms with Gasteiger partial charge in [-0.15, -0.1) is 23.1 Å². The normalized spacial score (nSPS) is 13.5. The zero-order valence-corrected chi connectivity index (χ0v) is 40.5. The number of benzene rings is 6. The van der Waals surface area contributed by atoms with E-state index >= 15 is 0 Å². The smallest absolute Gasteiger partial charge is 0.109 e. The number of fused-ring (bicyclic) bond motifs is 5. The van der Waals surface area contributed by atoms with E-state index in [1.807, 2.05) is 36.4 Å². The Hall–Kier alpha value is -3.35. The van der Waals surface area contributed by atoms with Crippen LogP contribution in [0.4, 0.5) is 0 Å². The molecular formula is C55H58Cl2Zr. The molecule has 2 aliphatic carbocycles. The maximum Gasteiger partial charge on any atom is -0.109 e. The van der Waals surface area contributed by atoms with E-state index in [2.05, 4.69) is 168 Å². The first-order valence-electron chi connectivity index (χ1n) is 20.5. The van der Waals surface area contributed by atoms with Crippen molar-refractivity contribution < 1.29 is 24.2 Å². The number of rotatable bonds is 2. The van der Waals surface area contributed by atoms with Crippen LogP contribution in [-0.2, 0) is 52.3 Å². The summed E-state index contributed by atoms with van der Waals surface area (Å²) in [5, 5.41) is 6.15. The molecule has 0 saturated carbocycles. The molecule has 0 amide bonds. The van der Waals surface area contributed by atoms with Crippen LogP contribution in [0.2, 0.25) is 10.0 Å². The SMILES string of the molecule is CC(C)(C)c1[c-]c2c(cc1C(C)(C)C)-c1cc(C(C)(C)C)c(C(C)(C)C)cc1C2.Clc1cccc2c([C](=[Zr+2])c3cccc4c(Cl)cccc34)cccc12.[C-]1=CC=CC1. The average molecular weight is 881 g/mol. The molecule has 2 aliphatic rings. The maximum absolute atomic E-state index is 6.38. The van der Waals surface area contributed by atoms with E-state index in [1.54, 1.807) is 0 Å². The van der Waals surface area contributed by atoms with Crippen LogP contribution in [0.1, 0.15) is 134 Å². The summed E-state index contributed by atoms with van der Waals surface area (Å²) in [5.74, 6) is 0. The van der Waals surface area contributed by atoms with Gasteiger partial charge in [0, 0.05) is 0 Å². The topological polar surface area (TPSA) is 0 Å². The fourth-order valence-electron chi connectivity index (χ4n) is 8.09. The van der Waals surface area contributed by atoms with Gasteiger partial charge in [0.15, 0.2) is 0 Å². The van der Waals surface area contributed by atoms with Crippen LogP contribution < -0.4 is 0 Å². The summed E-state index contributed by atoms with van der Waals surface area (Å²) >= 11 is 14.1. The molecule has 0 saturated heterocycles. The second-order valence-corrected chi connectivity index (χ2v) is 21.9. The van der Waals surface area contributed by atoms with Crippen molar-refractivity contribution in [1.82, 2.24) is 0 Å². The molecule has 8 rings (SSSR count). The minimum Gasteiger partial charge on any atom is -0.273 e. The largest absolute Gasteiger partial charge is 0.273 e. The fraction of sp³-hybridized carbons (Fsp3) is 0.327. The van der Waals surface area contributed by atoms with Crippen molar-refractivity contribution in [2.75, 3.05) is 0 Å². The summed E-state index contributed by atoms with van der Waals surface area (Å²) in [7, 11) is 0. The van der Waals surface area contributed by atoms with Gasteiger partial charge in [0.25, 0.3) is 0 Å². The Kier molecular flexibility index (Phi) is 12.9. The predicted molar refractivity (Wildman–Crippen MR) is 251 cm³/mol. The molecule has 0 radical (unpaired) electrons. The Labute approximate surface area is 374 Å². The van der Waals surface area contributed by atoms with E-state index in [9.17, 15) is 0 Å². The monoisotopic (exact) mass is 878 g/mol. The minimum atomic E-state index is 0.0968. The summed E-state index contributed by atoms with van der Waals surface area (Å²) in [6, 6.07) is 36.2. The summed E-state index contributed by atoms with van der Waals surface area (Å²) in [5.41, 5.74) is 14.4. The molecule has 0 nitrogen and oxygen atoms in total. The third kappa shape index (κ3) is 9.49. The second kappa shape index (κ2) is 17.0. The van der Waals surface area contributed by atoms with Crippen LogP contribution in [0.15, 0.2) is 109 Å². The molecule has 0 aromatic heterocycles. The Morgan fingerprint density at radius 2 is 1.02 bits per heavy atom. The van der Waals surface area contributed by atoms with Crippen LogP contribution >= 0.6 is 23.2 Å². The quantitative estimate of drug-likeness (QED) is 0.152. The molecule has 6 aromatic rings. The van der Waals surface area contributed by atoms with Crippen LogP contribution in [0.25, 0.3) is 32.7 Å². The third-order valence-corrected chi connectivity index (χ3v) is 13.1. The van der Waals surface area contributed by atoms with E-state index in [0.717, 1.165) is 33.7 Å². The van der Waals surface area contributed by atoms with Gasteiger partial charge in [-0.25, -0.2) is 12.2 Å². The summed E-state index contributed by atoms with van der Waals surface area (Å²) in [6.07, 6.45) is 11.0. The van der Waals surface area contributed by atoms with Gasteiger partial charge in [0.1, 0.15) is 0 Å². The number of hydrogen-bond acceptors (Lipinski definition) is 0. The van der Waals surface area contributed by atoms with Gasteiger partial charge < -0.3 is 0 Å². The molecular weight excluding hydrogens is 823 g/mol. The Morgan fingerprint density at radius 1 is 0.552 bits per heavy atom. The van der Waals surface area contributed by atoms with E-state index < -0.39 is 0 Å². The molecule has 0 spiro atoms. The molecule has 0 heterocycles. The molecule has 0 aliphatic heterocycles. The molecule has 6 aromatic carbocycles. The molecule has 0 fully saturated rings.